The molecule has 0 atom stereocenters. The van der Waals surface area contributed by atoms with Crippen LogP contribution in [0.25, 0.3) is 10.9 Å². The number of hydrogen-bond acceptors (Lipinski definition) is 4. The van der Waals surface area contributed by atoms with Gasteiger partial charge in [0.25, 0.3) is 0 Å². The molecule has 28 heavy (non-hydrogen) atoms. The quantitative estimate of drug-likeness (QED) is 0.663. The highest BCUT2D eigenvalue weighted by Gasteiger charge is 2.23. The van der Waals surface area contributed by atoms with Crippen molar-refractivity contribution in [3.8, 4) is 0 Å². The Morgan fingerprint density at radius 1 is 1.07 bits per heavy atom. The molecule has 3 aromatic rings. The van der Waals surface area contributed by atoms with Crippen LogP contribution in [0.1, 0.15) is 5.56 Å². The number of nitrogens with zero attached hydrogens (tertiary/aromatic N) is 2. The molecule has 0 aliphatic rings. The van der Waals surface area contributed by atoms with Crippen molar-refractivity contribution >= 4 is 26.6 Å². The van der Waals surface area contributed by atoms with Crippen LogP contribution in [0.4, 0.5) is 0 Å². The molecule has 0 saturated carbocycles. The Labute approximate surface area is 165 Å². The number of carbonyl (C=O) groups is 1. The van der Waals surface area contributed by atoms with Gasteiger partial charge in [0.1, 0.15) is 6.54 Å². The Balaban J connectivity index is 1.95. The molecule has 0 radical (unpaired) electrons. The van der Waals surface area contributed by atoms with E-state index in [1.54, 1.807) is 47.2 Å². The molecule has 0 saturated heterocycles. The van der Waals surface area contributed by atoms with Gasteiger partial charge in [0.05, 0.1) is 9.79 Å². The van der Waals surface area contributed by atoms with E-state index in [4.69, 9.17) is 0 Å². The zero-order chi connectivity index (χ0) is 20.3. The van der Waals surface area contributed by atoms with Gasteiger partial charge in [0.15, 0.2) is 0 Å². The summed E-state index contributed by atoms with van der Waals surface area (Å²) in [7, 11) is 0.192. The number of fused-ring (bicyclic) bond motifs is 1. The molecule has 1 heterocycles. The fourth-order valence-electron chi connectivity index (χ4n) is 3.03. The van der Waals surface area contributed by atoms with Crippen LogP contribution < -0.4 is 5.32 Å². The average Bonchev–Trinajstić information content (AvgIpc) is 3.01. The lowest BCUT2D eigenvalue weighted by atomic mass is 10.2. The maximum Gasteiger partial charge on any atom is 0.239 e. The first-order valence-electron chi connectivity index (χ1n) is 9.10. The van der Waals surface area contributed by atoms with Crippen LogP contribution in [-0.2, 0) is 21.2 Å². The van der Waals surface area contributed by atoms with Crippen molar-refractivity contribution in [2.45, 2.75) is 23.3 Å². The molecule has 6 nitrogen and oxygen atoms in total. The largest absolute Gasteiger partial charge is 0.353 e. The smallest absolute Gasteiger partial charge is 0.239 e. The van der Waals surface area contributed by atoms with E-state index in [0.29, 0.717) is 11.9 Å². The molecule has 0 unspecified atom stereocenters. The van der Waals surface area contributed by atoms with Gasteiger partial charge in [-0.25, -0.2) is 8.42 Å². The van der Waals surface area contributed by atoms with Crippen LogP contribution >= 0.6 is 0 Å². The van der Waals surface area contributed by atoms with Gasteiger partial charge in [-0.1, -0.05) is 35.9 Å². The van der Waals surface area contributed by atoms with Crippen LogP contribution in [0, 0.1) is 6.92 Å². The highest BCUT2D eigenvalue weighted by molar-refractivity contribution is 7.91. The molecule has 0 aliphatic heterocycles. The molecule has 1 aromatic heterocycles. The van der Waals surface area contributed by atoms with Crippen molar-refractivity contribution in [1.82, 2.24) is 14.8 Å². The molecule has 148 valence electrons. The topological polar surface area (TPSA) is 71.4 Å². The number of likely N-dealkylation sites (N-methyl/N-ethyl adjacent to an activating group) is 1. The van der Waals surface area contributed by atoms with E-state index < -0.39 is 9.84 Å². The van der Waals surface area contributed by atoms with Crippen molar-refractivity contribution in [2.24, 2.45) is 0 Å². The van der Waals surface area contributed by atoms with Crippen LogP contribution in [0.2, 0.25) is 0 Å². The number of para-hydroxylation sites is 1. The summed E-state index contributed by atoms with van der Waals surface area (Å²) >= 11 is 0. The fourth-order valence-corrected chi connectivity index (χ4v) is 4.51. The van der Waals surface area contributed by atoms with E-state index in [1.165, 1.54) is 0 Å². The monoisotopic (exact) mass is 399 g/mol. The maximum atomic E-state index is 13.2. The molecule has 0 aliphatic carbocycles. The molecule has 0 spiro atoms. The molecule has 0 fully saturated rings. The number of aryl methyl sites for hydroxylation is 1. The van der Waals surface area contributed by atoms with Crippen LogP contribution in [0.3, 0.4) is 0 Å². The highest BCUT2D eigenvalue weighted by atomic mass is 32.2. The van der Waals surface area contributed by atoms with Crippen LogP contribution in [0.15, 0.2) is 64.5 Å². The summed E-state index contributed by atoms with van der Waals surface area (Å²) in [5.74, 6) is -0.151. The first-order valence-corrected chi connectivity index (χ1v) is 10.6. The number of carbonyl (C=O) groups excluding carboxylic acids is 1. The zero-order valence-electron chi connectivity index (χ0n) is 16.3. The lowest BCUT2D eigenvalue weighted by Gasteiger charge is -2.11. The summed E-state index contributed by atoms with van der Waals surface area (Å²) in [6.45, 7) is 3.26. The Kier molecular flexibility index (Phi) is 5.86. The van der Waals surface area contributed by atoms with Gasteiger partial charge in [-0.05, 0) is 39.2 Å². The molecule has 1 amide bonds. The van der Waals surface area contributed by atoms with E-state index in [-0.39, 0.29) is 22.2 Å². The van der Waals surface area contributed by atoms with Crippen LogP contribution in [-0.4, -0.2) is 51.0 Å². The van der Waals surface area contributed by atoms with Gasteiger partial charge < -0.3 is 14.8 Å². The lowest BCUT2D eigenvalue weighted by Crippen LogP contribution is -2.33. The minimum Gasteiger partial charge on any atom is -0.353 e. The molecule has 2 aromatic carbocycles. The molecular formula is C21H25N3O3S. The molecule has 3 rings (SSSR count). The van der Waals surface area contributed by atoms with E-state index in [1.807, 2.05) is 38.1 Å². The number of nitrogens with one attached hydrogen (secondary N) is 1. The number of hydrogen-bond donors (Lipinski definition) is 1. The maximum absolute atomic E-state index is 13.2. The number of benzene rings is 2. The van der Waals surface area contributed by atoms with Crippen molar-refractivity contribution in [3.05, 3.63) is 60.3 Å². The summed E-state index contributed by atoms with van der Waals surface area (Å²) < 4.78 is 28.1. The molecular weight excluding hydrogens is 374 g/mol. The number of rotatable bonds is 7. The summed E-state index contributed by atoms with van der Waals surface area (Å²) in [5.41, 5.74) is 1.71. The molecule has 0 bridgehead atoms. The third kappa shape index (κ3) is 4.26. The third-order valence-electron chi connectivity index (χ3n) is 4.57. The van der Waals surface area contributed by atoms with Crippen molar-refractivity contribution in [1.29, 1.82) is 0 Å². The standard InChI is InChI=1S/C21H25N3O3S/c1-16-8-10-17(11-9-16)28(26,27)20-14-24(19-7-5-4-6-18(19)20)15-21(25)22-12-13-23(2)3/h4-11,14H,12-13,15H2,1-3H3,(H,22,25). The van der Waals surface area contributed by atoms with Gasteiger partial charge in [-0.3, -0.25) is 4.79 Å². The Hall–Kier alpha value is -2.64. The van der Waals surface area contributed by atoms with Gasteiger partial charge >= 0.3 is 0 Å². The fraction of sp³-hybridized carbons (Fsp3) is 0.286. The first-order chi connectivity index (χ1) is 13.3. The van der Waals surface area contributed by atoms with Crippen molar-refractivity contribution in [3.63, 3.8) is 0 Å². The van der Waals surface area contributed by atoms with Gasteiger partial charge in [0, 0.05) is 30.2 Å². The predicted molar refractivity (Wildman–Crippen MR) is 110 cm³/mol. The van der Waals surface area contributed by atoms with E-state index >= 15 is 0 Å². The van der Waals surface area contributed by atoms with Crippen LogP contribution in [0.5, 0.6) is 0 Å². The third-order valence-corrected chi connectivity index (χ3v) is 6.37. The number of sulfone groups is 1. The number of aromatic nitrogens is 1. The predicted octanol–water partition coefficient (Wildman–Crippen LogP) is 2.46. The normalized spacial score (nSPS) is 11.9. The van der Waals surface area contributed by atoms with Gasteiger partial charge in [0.2, 0.25) is 15.7 Å². The SMILES string of the molecule is Cc1ccc(S(=O)(=O)c2cn(CC(=O)NCCN(C)C)c3ccccc23)cc1. The molecule has 7 heteroatoms. The van der Waals surface area contributed by atoms with E-state index in [2.05, 4.69) is 5.32 Å². The van der Waals surface area contributed by atoms with Crippen molar-refractivity contribution in [2.75, 3.05) is 27.2 Å². The Morgan fingerprint density at radius 2 is 1.75 bits per heavy atom. The Morgan fingerprint density at radius 3 is 2.43 bits per heavy atom. The minimum atomic E-state index is -3.68. The first kappa shape index (κ1) is 20.1. The van der Waals surface area contributed by atoms with Gasteiger partial charge in [-0.15, -0.1) is 0 Å². The summed E-state index contributed by atoms with van der Waals surface area (Å²) in [6, 6.07) is 14.0. The second kappa shape index (κ2) is 8.16. The van der Waals surface area contributed by atoms with E-state index in [0.717, 1.165) is 17.6 Å². The second-order valence-electron chi connectivity index (χ2n) is 7.11. The summed E-state index contributed by atoms with van der Waals surface area (Å²) in [6.07, 6.45) is 1.56. The van der Waals surface area contributed by atoms with Crippen molar-refractivity contribution < 1.29 is 13.2 Å². The number of amides is 1. The lowest BCUT2D eigenvalue weighted by molar-refractivity contribution is -0.121. The van der Waals surface area contributed by atoms with Gasteiger partial charge in [-0.2, -0.15) is 0 Å². The summed E-state index contributed by atoms with van der Waals surface area (Å²) in [5, 5.41) is 3.48. The zero-order valence-corrected chi connectivity index (χ0v) is 17.2. The van der Waals surface area contributed by atoms with E-state index in [9.17, 15) is 13.2 Å². The second-order valence-corrected chi connectivity index (χ2v) is 9.03. The molecule has 1 N–H and O–H groups in total. The minimum absolute atomic E-state index is 0.0668. The summed E-state index contributed by atoms with van der Waals surface area (Å²) in [4.78, 5) is 14.8. The Bertz CT molecular complexity index is 1080. The average molecular weight is 400 g/mol. The highest BCUT2D eigenvalue weighted by Crippen LogP contribution is 2.30.